The van der Waals surface area contributed by atoms with Crippen LogP contribution < -0.4 is 19.5 Å². The van der Waals surface area contributed by atoms with Gasteiger partial charge in [-0.3, -0.25) is 0 Å². The van der Waals surface area contributed by atoms with Crippen molar-refractivity contribution in [3.05, 3.63) is 53.6 Å². The van der Waals surface area contributed by atoms with Crippen molar-refractivity contribution in [1.29, 1.82) is 0 Å². The average molecular weight is 331 g/mol. The van der Waals surface area contributed by atoms with Gasteiger partial charge in [0.15, 0.2) is 11.5 Å². The highest BCUT2D eigenvalue weighted by Crippen LogP contribution is 2.27. The molecule has 0 bridgehead atoms. The van der Waals surface area contributed by atoms with Crippen molar-refractivity contribution in [1.82, 2.24) is 5.32 Å². The number of ether oxygens (including phenoxy) is 3. The molecular weight excluding hydrogens is 306 g/mol. The molecule has 1 atom stereocenters. The van der Waals surface area contributed by atoms with Gasteiger partial charge in [0.05, 0.1) is 27.4 Å². The van der Waals surface area contributed by atoms with E-state index in [0.717, 1.165) is 41.3 Å². The second kappa shape index (κ2) is 9.15. The van der Waals surface area contributed by atoms with Gasteiger partial charge in [0.25, 0.3) is 0 Å². The van der Waals surface area contributed by atoms with Crippen molar-refractivity contribution in [2.45, 2.75) is 12.5 Å². The van der Waals surface area contributed by atoms with Gasteiger partial charge in [-0.25, -0.2) is 0 Å². The van der Waals surface area contributed by atoms with Gasteiger partial charge >= 0.3 is 0 Å². The van der Waals surface area contributed by atoms with Gasteiger partial charge in [0.2, 0.25) is 0 Å². The normalized spacial score (nSPS) is 11.8. The van der Waals surface area contributed by atoms with E-state index in [9.17, 15) is 5.11 Å². The average Bonchev–Trinajstić information content (AvgIpc) is 2.64. The highest BCUT2D eigenvalue weighted by atomic mass is 16.5. The fourth-order valence-corrected chi connectivity index (χ4v) is 2.45. The largest absolute Gasteiger partial charge is 0.497 e. The molecule has 0 heterocycles. The maximum absolute atomic E-state index is 10.2. The van der Waals surface area contributed by atoms with Crippen molar-refractivity contribution in [2.24, 2.45) is 0 Å². The second-order valence-electron chi connectivity index (χ2n) is 5.43. The highest BCUT2D eigenvalue weighted by molar-refractivity contribution is 5.42. The fourth-order valence-electron chi connectivity index (χ4n) is 2.45. The molecule has 0 aliphatic rings. The third-order valence-electron chi connectivity index (χ3n) is 3.88. The molecule has 2 aromatic rings. The van der Waals surface area contributed by atoms with Crippen LogP contribution >= 0.6 is 0 Å². The third-order valence-corrected chi connectivity index (χ3v) is 3.88. The van der Waals surface area contributed by atoms with Gasteiger partial charge in [-0.1, -0.05) is 18.2 Å². The Kier molecular flexibility index (Phi) is 6.90. The summed E-state index contributed by atoms with van der Waals surface area (Å²) in [6.45, 7) is 1.27. The molecule has 0 aliphatic heterocycles. The van der Waals surface area contributed by atoms with Crippen LogP contribution in [0.1, 0.15) is 17.2 Å². The molecule has 2 rings (SSSR count). The first-order valence-corrected chi connectivity index (χ1v) is 7.91. The van der Waals surface area contributed by atoms with E-state index in [2.05, 4.69) is 5.32 Å². The monoisotopic (exact) mass is 331 g/mol. The summed E-state index contributed by atoms with van der Waals surface area (Å²) in [5.41, 5.74) is 2.02. The number of aliphatic hydroxyl groups excluding tert-OH is 1. The minimum Gasteiger partial charge on any atom is -0.497 e. The number of rotatable bonds is 9. The first kappa shape index (κ1) is 18.1. The first-order chi connectivity index (χ1) is 11.7. The van der Waals surface area contributed by atoms with Gasteiger partial charge in [-0.05, 0) is 48.4 Å². The fraction of sp³-hybridized carbons (Fsp3) is 0.368. The minimum atomic E-state index is -0.540. The van der Waals surface area contributed by atoms with Crippen molar-refractivity contribution in [3.8, 4) is 17.2 Å². The third kappa shape index (κ3) is 4.88. The topological polar surface area (TPSA) is 60.0 Å². The van der Waals surface area contributed by atoms with E-state index in [-0.39, 0.29) is 0 Å². The summed E-state index contributed by atoms with van der Waals surface area (Å²) in [5.74, 6) is 2.24. The zero-order valence-corrected chi connectivity index (χ0v) is 14.4. The molecular formula is C19H25NO4. The van der Waals surface area contributed by atoms with Gasteiger partial charge in [-0.2, -0.15) is 0 Å². The van der Waals surface area contributed by atoms with Crippen molar-refractivity contribution in [2.75, 3.05) is 34.4 Å². The number of aliphatic hydroxyl groups is 1. The summed E-state index contributed by atoms with van der Waals surface area (Å²) in [6.07, 6.45) is 0.302. The number of nitrogens with one attached hydrogen (secondary N) is 1. The van der Waals surface area contributed by atoms with Crippen LogP contribution in [0.25, 0.3) is 0 Å². The zero-order valence-electron chi connectivity index (χ0n) is 14.4. The Labute approximate surface area is 143 Å². The lowest BCUT2D eigenvalue weighted by Crippen LogP contribution is -2.23. The zero-order chi connectivity index (χ0) is 17.4. The van der Waals surface area contributed by atoms with Crippen molar-refractivity contribution in [3.63, 3.8) is 0 Å². The lowest BCUT2D eigenvalue weighted by molar-refractivity contribution is 0.175. The Bertz CT molecular complexity index is 628. The van der Waals surface area contributed by atoms with E-state index >= 15 is 0 Å². The molecule has 0 unspecified atom stereocenters. The van der Waals surface area contributed by atoms with Crippen LogP contribution in [0.2, 0.25) is 0 Å². The lowest BCUT2D eigenvalue weighted by atomic mass is 10.1. The molecule has 0 saturated carbocycles. The van der Waals surface area contributed by atoms with E-state index in [1.165, 1.54) is 0 Å². The van der Waals surface area contributed by atoms with Crippen LogP contribution in [0.3, 0.4) is 0 Å². The van der Waals surface area contributed by atoms with Crippen LogP contribution in [-0.4, -0.2) is 39.5 Å². The maximum atomic E-state index is 10.2. The number of methoxy groups -OCH3 is 3. The Balaban J connectivity index is 1.79. The number of benzene rings is 2. The molecule has 0 saturated heterocycles. The Hall–Kier alpha value is -2.24. The highest BCUT2D eigenvalue weighted by Gasteiger charge is 2.08. The molecule has 0 amide bonds. The van der Waals surface area contributed by atoms with Crippen LogP contribution in [0.15, 0.2) is 42.5 Å². The minimum absolute atomic E-state index is 0.500. The van der Waals surface area contributed by atoms with Gasteiger partial charge in [0.1, 0.15) is 5.75 Å². The van der Waals surface area contributed by atoms with E-state index in [1.54, 1.807) is 21.3 Å². The molecule has 0 radical (unpaired) electrons. The lowest BCUT2D eigenvalue weighted by Gasteiger charge is -2.13. The van der Waals surface area contributed by atoms with E-state index in [0.29, 0.717) is 6.54 Å². The Morgan fingerprint density at radius 2 is 1.62 bits per heavy atom. The molecule has 0 aromatic heterocycles. The molecule has 0 fully saturated rings. The van der Waals surface area contributed by atoms with E-state index < -0.39 is 6.10 Å². The summed E-state index contributed by atoms with van der Waals surface area (Å²) in [7, 11) is 4.88. The summed E-state index contributed by atoms with van der Waals surface area (Å²) in [5, 5.41) is 13.5. The van der Waals surface area contributed by atoms with Gasteiger partial charge in [-0.15, -0.1) is 0 Å². The molecule has 5 heteroatoms. The standard InChI is InChI=1S/C19H25NO4/c1-22-16-7-5-15(6-8-16)17(21)13-20-11-10-14-4-9-18(23-2)19(12-14)24-3/h4-9,12,17,20-21H,10-11,13H2,1-3H3/t17-/m1/s1. The Morgan fingerprint density at radius 3 is 2.25 bits per heavy atom. The van der Waals surface area contributed by atoms with Gasteiger partial charge in [0, 0.05) is 6.54 Å². The maximum Gasteiger partial charge on any atom is 0.160 e. The molecule has 24 heavy (non-hydrogen) atoms. The number of hydrogen-bond donors (Lipinski definition) is 2. The SMILES string of the molecule is COc1ccc([C@H](O)CNCCc2ccc(OC)c(OC)c2)cc1. The van der Waals surface area contributed by atoms with Crippen molar-refractivity contribution >= 4 is 0 Å². The summed E-state index contributed by atoms with van der Waals surface area (Å²) < 4.78 is 15.6. The first-order valence-electron chi connectivity index (χ1n) is 7.91. The predicted octanol–water partition coefficient (Wildman–Crippen LogP) is 2.58. The molecule has 0 spiro atoms. The summed E-state index contributed by atoms with van der Waals surface area (Å²) in [4.78, 5) is 0. The summed E-state index contributed by atoms with van der Waals surface area (Å²) in [6, 6.07) is 13.3. The van der Waals surface area contributed by atoms with E-state index in [1.807, 2.05) is 42.5 Å². The molecule has 2 aromatic carbocycles. The van der Waals surface area contributed by atoms with E-state index in [4.69, 9.17) is 14.2 Å². The van der Waals surface area contributed by atoms with Gasteiger partial charge < -0.3 is 24.6 Å². The summed E-state index contributed by atoms with van der Waals surface area (Å²) >= 11 is 0. The van der Waals surface area contributed by atoms with Crippen LogP contribution in [0.4, 0.5) is 0 Å². The van der Waals surface area contributed by atoms with Crippen LogP contribution in [-0.2, 0) is 6.42 Å². The molecule has 5 nitrogen and oxygen atoms in total. The second-order valence-corrected chi connectivity index (χ2v) is 5.43. The Morgan fingerprint density at radius 1 is 0.917 bits per heavy atom. The van der Waals surface area contributed by atoms with Crippen LogP contribution in [0, 0.1) is 0 Å². The molecule has 2 N–H and O–H groups in total. The molecule has 0 aliphatic carbocycles. The van der Waals surface area contributed by atoms with Crippen molar-refractivity contribution < 1.29 is 19.3 Å². The quantitative estimate of drug-likeness (QED) is 0.692. The number of hydrogen-bond acceptors (Lipinski definition) is 5. The molecule has 130 valence electrons. The smallest absolute Gasteiger partial charge is 0.160 e. The predicted molar refractivity (Wildman–Crippen MR) is 94.1 cm³/mol. The van der Waals surface area contributed by atoms with Crippen LogP contribution in [0.5, 0.6) is 17.2 Å².